The summed E-state index contributed by atoms with van der Waals surface area (Å²) in [7, 11) is 0. The fourth-order valence-corrected chi connectivity index (χ4v) is 6.70. The van der Waals surface area contributed by atoms with E-state index >= 15 is 0 Å². The van der Waals surface area contributed by atoms with E-state index in [2.05, 4.69) is 67.5 Å². The number of hydrogen-bond acceptors (Lipinski definition) is 5. The average Bonchev–Trinajstić information content (AvgIpc) is 3.51. The van der Waals surface area contributed by atoms with Gasteiger partial charge in [-0.1, -0.05) is 48.0 Å². The molecule has 6 rings (SSSR count). The van der Waals surface area contributed by atoms with Crippen molar-refractivity contribution >= 4 is 34.2 Å². The predicted molar refractivity (Wildman–Crippen MR) is 177 cm³/mol. The monoisotopic (exact) mass is 608 g/mol. The molecule has 1 aliphatic rings. The number of carbonyl (C=O) groups excluding carboxylic acids is 1. The van der Waals surface area contributed by atoms with Crippen molar-refractivity contribution in [1.29, 1.82) is 0 Å². The predicted octanol–water partition coefficient (Wildman–Crippen LogP) is 8.39. The molecule has 1 unspecified atom stereocenters. The number of para-hydroxylation sites is 1. The second-order valence-electron chi connectivity index (χ2n) is 10.8. The van der Waals surface area contributed by atoms with Gasteiger partial charge in [-0.05, 0) is 76.2 Å². The highest BCUT2D eigenvalue weighted by atomic mass is 35.5. The normalized spacial score (nSPS) is 15.7. The maximum atomic E-state index is 13.7. The first kappa shape index (κ1) is 29.6. The standard InChI is InChI=1S/C37H37ClN2O4/c1-5-39(6-2)27-18-21-32(34(24-27)43-23-22-42-28-19-16-26(38)17-20-28)37(31-14-10-8-12-29(31)36(41)44-37)35-25(4)40(7-3)33-15-11-9-13-30(33)35/h8-21,24H,5-7,22-23H2,1-4H3. The Labute approximate surface area is 263 Å². The molecule has 6 nitrogen and oxygen atoms in total. The molecule has 0 fully saturated rings. The summed E-state index contributed by atoms with van der Waals surface area (Å²) in [6.45, 7) is 11.6. The van der Waals surface area contributed by atoms with Gasteiger partial charge in [-0.15, -0.1) is 0 Å². The van der Waals surface area contributed by atoms with Gasteiger partial charge >= 0.3 is 5.97 Å². The molecule has 0 bridgehead atoms. The van der Waals surface area contributed by atoms with Crippen molar-refractivity contribution in [2.24, 2.45) is 0 Å². The number of rotatable bonds is 11. The summed E-state index contributed by atoms with van der Waals surface area (Å²) in [5.41, 5.74) is 5.06. The van der Waals surface area contributed by atoms with Crippen LogP contribution in [0.15, 0.2) is 91.0 Å². The Hall–Kier alpha value is -4.42. The number of cyclic esters (lactones) is 1. The summed E-state index contributed by atoms with van der Waals surface area (Å²) in [4.78, 5) is 15.9. The highest BCUT2D eigenvalue weighted by Gasteiger charge is 2.52. The maximum Gasteiger partial charge on any atom is 0.340 e. The molecule has 2 heterocycles. The van der Waals surface area contributed by atoms with Gasteiger partial charge in [-0.3, -0.25) is 0 Å². The SMILES string of the molecule is CCN(CC)c1ccc(C2(c3c(C)n(CC)c4ccccc34)OC(=O)c3ccccc32)c(OCCOc2ccc(Cl)cc2)c1. The first-order valence-corrected chi connectivity index (χ1v) is 15.6. The van der Waals surface area contributed by atoms with E-state index in [4.69, 9.17) is 25.8 Å². The number of carbonyl (C=O) groups is 1. The van der Waals surface area contributed by atoms with Crippen molar-refractivity contribution in [3.05, 3.63) is 124 Å². The van der Waals surface area contributed by atoms with Gasteiger partial charge in [0.1, 0.15) is 24.7 Å². The molecule has 1 aromatic heterocycles. The number of nitrogens with zero attached hydrogens (tertiary/aromatic N) is 2. The number of anilines is 1. The van der Waals surface area contributed by atoms with Crippen molar-refractivity contribution in [3.63, 3.8) is 0 Å². The van der Waals surface area contributed by atoms with Crippen molar-refractivity contribution in [3.8, 4) is 11.5 Å². The smallest absolute Gasteiger partial charge is 0.340 e. The third-order valence-electron chi connectivity index (χ3n) is 8.57. The van der Waals surface area contributed by atoms with Crippen LogP contribution in [0.5, 0.6) is 11.5 Å². The van der Waals surface area contributed by atoms with Gasteiger partial charge in [0.25, 0.3) is 0 Å². The Bertz CT molecular complexity index is 1810. The molecule has 7 heteroatoms. The summed E-state index contributed by atoms with van der Waals surface area (Å²) < 4.78 is 21.5. The zero-order valence-electron chi connectivity index (χ0n) is 25.6. The lowest BCUT2D eigenvalue weighted by Gasteiger charge is -2.33. The van der Waals surface area contributed by atoms with Crippen LogP contribution in [0.25, 0.3) is 10.9 Å². The van der Waals surface area contributed by atoms with Crippen molar-refractivity contribution in [1.82, 2.24) is 4.57 Å². The van der Waals surface area contributed by atoms with Gasteiger partial charge in [0, 0.05) is 69.7 Å². The lowest BCUT2D eigenvalue weighted by molar-refractivity contribution is 0.0244. The van der Waals surface area contributed by atoms with Crippen LogP contribution in [0.4, 0.5) is 5.69 Å². The highest BCUT2D eigenvalue weighted by Crippen LogP contribution is 2.53. The van der Waals surface area contributed by atoms with Crippen molar-refractivity contribution in [2.75, 3.05) is 31.2 Å². The van der Waals surface area contributed by atoms with Crippen LogP contribution in [-0.2, 0) is 16.9 Å². The van der Waals surface area contributed by atoms with Crippen LogP contribution in [0, 0.1) is 6.92 Å². The number of hydrogen-bond donors (Lipinski definition) is 0. The summed E-state index contributed by atoms with van der Waals surface area (Å²) in [6, 6.07) is 29.5. The molecule has 0 radical (unpaired) electrons. The molecule has 0 saturated heterocycles. The van der Waals surface area contributed by atoms with Crippen molar-refractivity contribution in [2.45, 2.75) is 39.8 Å². The molecular formula is C37H37ClN2O4. The Kier molecular flexibility index (Phi) is 8.28. The Morgan fingerprint density at radius 2 is 1.55 bits per heavy atom. The second-order valence-corrected chi connectivity index (χ2v) is 11.3. The molecule has 1 aliphatic heterocycles. The lowest BCUT2D eigenvalue weighted by Crippen LogP contribution is -2.32. The number of halogens is 1. The number of aryl methyl sites for hydroxylation is 1. The molecule has 0 saturated carbocycles. The topological polar surface area (TPSA) is 52.9 Å². The number of ether oxygens (including phenoxy) is 3. The minimum Gasteiger partial charge on any atom is -0.490 e. The van der Waals surface area contributed by atoms with Crippen LogP contribution >= 0.6 is 11.6 Å². The number of esters is 1. The van der Waals surface area contributed by atoms with E-state index in [9.17, 15) is 4.79 Å². The second kappa shape index (κ2) is 12.3. The van der Waals surface area contributed by atoms with E-state index < -0.39 is 5.60 Å². The number of fused-ring (bicyclic) bond motifs is 2. The third-order valence-corrected chi connectivity index (χ3v) is 8.82. The first-order valence-electron chi connectivity index (χ1n) is 15.2. The molecule has 0 aliphatic carbocycles. The molecular weight excluding hydrogens is 572 g/mol. The highest BCUT2D eigenvalue weighted by molar-refractivity contribution is 6.30. The van der Waals surface area contributed by atoms with Gasteiger partial charge in [0.05, 0.1) is 5.56 Å². The lowest BCUT2D eigenvalue weighted by atomic mass is 9.78. The third kappa shape index (κ3) is 4.97. The van der Waals surface area contributed by atoms with E-state index in [0.717, 1.165) is 58.6 Å². The van der Waals surface area contributed by atoms with E-state index in [0.29, 0.717) is 35.3 Å². The molecule has 0 amide bonds. The summed E-state index contributed by atoms with van der Waals surface area (Å²) >= 11 is 6.04. The number of aromatic nitrogens is 1. The van der Waals surface area contributed by atoms with Gasteiger partial charge in [0.2, 0.25) is 0 Å². The number of benzene rings is 4. The van der Waals surface area contributed by atoms with E-state index in [1.165, 1.54) is 0 Å². The minimum absolute atomic E-state index is 0.290. The molecule has 1 atom stereocenters. The van der Waals surface area contributed by atoms with E-state index in [1.807, 2.05) is 48.5 Å². The Balaban J connectivity index is 1.53. The van der Waals surface area contributed by atoms with Crippen LogP contribution < -0.4 is 14.4 Å². The van der Waals surface area contributed by atoms with Crippen LogP contribution in [0.1, 0.15) is 53.5 Å². The molecule has 44 heavy (non-hydrogen) atoms. The minimum atomic E-state index is -1.22. The molecule has 4 aromatic carbocycles. The summed E-state index contributed by atoms with van der Waals surface area (Å²) in [6.07, 6.45) is 0. The van der Waals surface area contributed by atoms with Gasteiger partial charge in [-0.25, -0.2) is 4.79 Å². The van der Waals surface area contributed by atoms with Gasteiger partial charge < -0.3 is 23.7 Å². The van der Waals surface area contributed by atoms with E-state index in [1.54, 1.807) is 12.1 Å². The fraction of sp³-hybridized carbons (Fsp3) is 0.270. The summed E-state index contributed by atoms with van der Waals surface area (Å²) in [5.74, 6) is 1.01. The van der Waals surface area contributed by atoms with Crippen molar-refractivity contribution < 1.29 is 19.0 Å². The van der Waals surface area contributed by atoms with Gasteiger partial charge in [0.15, 0.2) is 5.60 Å². The van der Waals surface area contributed by atoms with Crippen LogP contribution in [0.2, 0.25) is 5.02 Å². The zero-order chi connectivity index (χ0) is 30.8. The Morgan fingerprint density at radius 3 is 2.30 bits per heavy atom. The van der Waals surface area contributed by atoms with Crippen LogP contribution in [0.3, 0.4) is 0 Å². The average molecular weight is 609 g/mol. The molecule has 5 aromatic rings. The summed E-state index contributed by atoms with van der Waals surface area (Å²) in [5, 5.41) is 1.70. The first-order chi connectivity index (χ1) is 21.4. The largest absolute Gasteiger partial charge is 0.490 e. The maximum absolute atomic E-state index is 13.7. The van der Waals surface area contributed by atoms with Crippen LogP contribution in [-0.4, -0.2) is 36.8 Å². The molecule has 0 spiro atoms. The molecule has 226 valence electrons. The zero-order valence-corrected chi connectivity index (χ0v) is 26.4. The van der Waals surface area contributed by atoms with Gasteiger partial charge in [-0.2, -0.15) is 0 Å². The molecule has 0 N–H and O–H groups in total. The Morgan fingerprint density at radius 1 is 0.841 bits per heavy atom. The van der Waals surface area contributed by atoms with E-state index in [-0.39, 0.29) is 5.97 Å². The quantitative estimate of drug-likeness (QED) is 0.111. The fourth-order valence-electron chi connectivity index (χ4n) is 6.57.